The van der Waals surface area contributed by atoms with E-state index in [1.165, 1.54) is 12.0 Å². The number of hydrogen-bond donors (Lipinski definition) is 2. The SMILES string of the molecule is Nc1nnc(-c2ccccc2O)cc1N1CCCC(c2ccccc2)C1. The maximum Gasteiger partial charge on any atom is 0.169 e. The van der Waals surface area contributed by atoms with Crippen molar-refractivity contribution in [3.63, 3.8) is 0 Å². The lowest BCUT2D eigenvalue weighted by molar-refractivity contribution is 0.477. The van der Waals surface area contributed by atoms with Gasteiger partial charge in [-0.05, 0) is 36.6 Å². The Bertz CT molecular complexity index is 898. The van der Waals surface area contributed by atoms with E-state index >= 15 is 0 Å². The van der Waals surface area contributed by atoms with Gasteiger partial charge in [-0.2, -0.15) is 0 Å². The van der Waals surface area contributed by atoms with E-state index in [0.717, 1.165) is 25.2 Å². The fraction of sp³-hybridized carbons (Fsp3) is 0.238. The van der Waals surface area contributed by atoms with Gasteiger partial charge in [-0.1, -0.05) is 42.5 Å². The number of nitrogens with zero attached hydrogens (tertiary/aromatic N) is 3. The molecular weight excluding hydrogens is 324 g/mol. The minimum absolute atomic E-state index is 0.193. The molecule has 132 valence electrons. The molecule has 0 aliphatic carbocycles. The van der Waals surface area contributed by atoms with Gasteiger partial charge in [-0.3, -0.25) is 0 Å². The molecule has 0 radical (unpaired) electrons. The van der Waals surface area contributed by atoms with E-state index in [1.54, 1.807) is 12.1 Å². The second kappa shape index (κ2) is 7.04. The molecule has 1 saturated heterocycles. The van der Waals surface area contributed by atoms with Gasteiger partial charge in [0, 0.05) is 24.6 Å². The summed E-state index contributed by atoms with van der Waals surface area (Å²) in [4.78, 5) is 2.29. The van der Waals surface area contributed by atoms with E-state index in [4.69, 9.17) is 5.73 Å². The van der Waals surface area contributed by atoms with Crippen molar-refractivity contribution in [2.45, 2.75) is 18.8 Å². The summed E-state index contributed by atoms with van der Waals surface area (Å²) >= 11 is 0. The van der Waals surface area contributed by atoms with Crippen molar-refractivity contribution >= 4 is 11.5 Å². The zero-order valence-electron chi connectivity index (χ0n) is 14.5. The summed E-state index contributed by atoms with van der Waals surface area (Å²) in [5.41, 5.74) is 9.69. The Labute approximate surface area is 153 Å². The molecular formula is C21H22N4O. The zero-order chi connectivity index (χ0) is 17.9. The molecule has 3 aromatic rings. The predicted octanol–water partition coefficient (Wildman–Crippen LogP) is 3.82. The molecule has 1 aliphatic heterocycles. The van der Waals surface area contributed by atoms with E-state index < -0.39 is 0 Å². The lowest BCUT2D eigenvalue weighted by Gasteiger charge is -2.35. The van der Waals surface area contributed by atoms with Crippen molar-refractivity contribution in [3.8, 4) is 17.0 Å². The summed E-state index contributed by atoms with van der Waals surface area (Å²) < 4.78 is 0. The number of anilines is 2. The van der Waals surface area contributed by atoms with Gasteiger partial charge in [-0.15, -0.1) is 10.2 Å². The number of rotatable bonds is 3. The number of hydrogen-bond acceptors (Lipinski definition) is 5. The molecule has 5 heteroatoms. The lowest BCUT2D eigenvalue weighted by Crippen LogP contribution is -2.35. The quantitative estimate of drug-likeness (QED) is 0.754. The van der Waals surface area contributed by atoms with E-state index in [9.17, 15) is 5.11 Å². The number of nitrogens with two attached hydrogens (primary N) is 1. The van der Waals surface area contributed by atoms with Gasteiger partial charge in [0.1, 0.15) is 5.75 Å². The Morgan fingerprint density at radius 2 is 1.77 bits per heavy atom. The number of nitrogen functional groups attached to an aromatic ring is 1. The van der Waals surface area contributed by atoms with Crippen LogP contribution in [0.15, 0.2) is 60.7 Å². The molecule has 4 rings (SSSR count). The normalized spacial score (nSPS) is 17.2. The van der Waals surface area contributed by atoms with Gasteiger partial charge in [0.25, 0.3) is 0 Å². The van der Waals surface area contributed by atoms with Crippen LogP contribution in [-0.4, -0.2) is 28.4 Å². The molecule has 1 aliphatic rings. The van der Waals surface area contributed by atoms with Gasteiger partial charge in [0.2, 0.25) is 0 Å². The first-order valence-corrected chi connectivity index (χ1v) is 8.94. The fourth-order valence-electron chi connectivity index (χ4n) is 3.66. The summed E-state index contributed by atoms with van der Waals surface area (Å²) in [5.74, 6) is 1.10. The first-order chi connectivity index (χ1) is 12.7. The number of aromatic hydroxyl groups is 1. The Kier molecular flexibility index (Phi) is 4.44. The van der Waals surface area contributed by atoms with E-state index in [-0.39, 0.29) is 5.75 Å². The van der Waals surface area contributed by atoms with E-state index in [2.05, 4.69) is 39.4 Å². The Hall–Kier alpha value is -3.08. The van der Waals surface area contributed by atoms with E-state index in [0.29, 0.717) is 23.0 Å². The third-order valence-electron chi connectivity index (χ3n) is 5.01. The number of para-hydroxylation sites is 1. The number of phenolic OH excluding ortho intramolecular Hbond substituents is 1. The first-order valence-electron chi connectivity index (χ1n) is 8.94. The smallest absolute Gasteiger partial charge is 0.169 e. The van der Waals surface area contributed by atoms with Crippen molar-refractivity contribution in [1.29, 1.82) is 0 Å². The van der Waals surface area contributed by atoms with Crippen molar-refractivity contribution in [2.75, 3.05) is 23.7 Å². The molecule has 1 fully saturated rings. The molecule has 1 atom stereocenters. The maximum absolute atomic E-state index is 10.1. The third kappa shape index (κ3) is 3.20. The summed E-state index contributed by atoms with van der Waals surface area (Å²) in [6.45, 7) is 1.85. The predicted molar refractivity (Wildman–Crippen MR) is 104 cm³/mol. The molecule has 2 aromatic carbocycles. The molecule has 0 amide bonds. The van der Waals surface area contributed by atoms with Crippen molar-refractivity contribution in [1.82, 2.24) is 10.2 Å². The lowest BCUT2D eigenvalue weighted by atomic mass is 9.90. The van der Waals surface area contributed by atoms with Gasteiger partial charge >= 0.3 is 0 Å². The van der Waals surface area contributed by atoms with Crippen molar-refractivity contribution in [3.05, 3.63) is 66.2 Å². The summed E-state index contributed by atoms with van der Waals surface area (Å²) in [7, 11) is 0. The highest BCUT2D eigenvalue weighted by molar-refractivity contribution is 5.74. The molecule has 0 saturated carbocycles. The van der Waals surface area contributed by atoms with Gasteiger partial charge in [0.15, 0.2) is 5.82 Å². The van der Waals surface area contributed by atoms with Crippen molar-refractivity contribution < 1.29 is 5.11 Å². The van der Waals surface area contributed by atoms with Crippen LogP contribution in [-0.2, 0) is 0 Å². The Balaban J connectivity index is 1.65. The standard InChI is InChI=1S/C21H22N4O/c22-21-19(13-18(23-24-21)17-10-4-5-11-20(17)26)25-12-6-9-16(14-25)15-7-2-1-3-8-15/h1-5,7-8,10-11,13,16,26H,6,9,12,14H2,(H2,22,24). The molecule has 26 heavy (non-hydrogen) atoms. The van der Waals surface area contributed by atoms with Crippen LogP contribution in [0.3, 0.4) is 0 Å². The third-order valence-corrected chi connectivity index (χ3v) is 5.01. The molecule has 5 nitrogen and oxygen atoms in total. The van der Waals surface area contributed by atoms with Gasteiger partial charge in [0.05, 0.1) is 11.4 Å². The Morgan fingerprint density at radius 1 is 1.00 bits per heavy atom. The van der Waals surface area contributed by atoms with Crippen LogP contribution < -0.4 is 10.6 Å². The largest absolute Gasteiger partial charge is 0.507 e. The average molecular weight is 346 g/mol. The number of phenols is 1. The van der Waals surface area contributed by atoms with Crippen LogP contribution in [0, 0.1) is 0 Å². The highest BCUT2D eigenvalue weighted by Crippen LogP contribution is 2.35. The molecule has 0 bridgehead atoms. The number of aromatic nitrogens is 2. The number of benzene rings is 2. The van der Waals surface area contributed by atoms with Crippen LogP contribution in [0.4, 0.5) is 11.5 Å². The van der Waals surface area contributed by atoms with Crippen LogP contribution in [0.25, 0.3) is 11.3 Å². The molecule has 0 spiro atoms. The van der Waals surface area contributed by atoms with E-state index in [1.807, 2.05) is 24.3 Å². The van der Waals surface area contributed by atoms with Crippen LogP contribution >= 0.6 is 0 Å². The van der Waals surface area contributed by atoms with Crippen LogP contribution in [0.1, 0.15) is 24.3 Å². The molecule has 1 unspecified atom stereocenters. The highest BCUT2D eigenvalue weighted by Gasteiger charge is 2.24. The van der Waals surface area contributed by atoms with Crippen LogP contribution in [0.2, 0.25) is 0 Å². The fourth-order valence-corrected chi connectivity index (χ4v) is 3.66. The summed E-state index contributed by atoms with van der Waals surface area (Å²) in [6, 6.07) is 19.7. The van der Waals surface area contributed by atoms with Crippen LogP contribution in [0.5, 0.6) is 5.75 Å². The number of piperidine rings is 1. The van der Waals surface area contributed by atoms with Crippen molar-refractivity contribution in [2.24, 2.45) is 0 Å². The summed E-state index contributed by atoms with van der Waals surface area (Å²) in [5, 5.41) is 18.4. The summed E-state index contributed by atoms with van der Waals surface area (Å²) in [6.07, 6.45) is 2.28. The Morgan fingerprint density at radius 3 is 2.58 bits per heavy atom. The second-order valence-electron chi connectivity index (χ2n) is 6.71. The van der Waals surface area contributed by atoms with Gasteiger partial charge < -0.3 is 15.7 Å². The first kappa shape index (κ1) is 16.4. The average Bonchev–Trinajstić information content (AvgIpc) is 2.70. The second-order valence-corrected chi connectivity index (χ2v) is 6.71. The van der Waals surface area contributed by atoms with Gasteiger partial charge in [-0.25, -0.2) is 0 Å². The molecule has 2 heterocycles. The highest BCUT2D eigenvalue weighted by atomic mass is 16.3. The molecule has 3 N–H and O–H groups in total. The maximum atomic E-state index is 10.1. The topological polar surface area (TPSA) is 75.3 Å². The monoisotopic (exact) mass is 346 g/mol. The minimum atomic E-state index is 0.193. The molecule has 1 aromatic heterocycles. The zero-order valence-corrected chi connectivity index (χ0v) is 14.5. The minimum Gasteiger partial charge on any atom is -0.507 e.